The molecule has 2 aliphatic heterocycles. The number of aromatic nitrogens is 3. The Kier molecular flexibility index (Phi) is 12.6. The molecule has 0 radical (unpaired) electrons. The topological polar surface area (TPSA) is 185 Å². The number of morpholine rings is 1. The number of nitrogens with zero attached hydrogens (tertiary/aromatic N) is 5. The molecular weight excluding hydrogens is 857 g/mol. The molecule has 2 aliphatic carbocycles. The van der Waals surface area contributed by atoms with Crippen LogP contribution in [-0.4, -0.2) is 84.0 Å². The minimum Gasteiger partial charge on any atom is -0.455 e. The van der Waals surface area contributed by atoms with Gasteiger partial charge in [-0.05, 0) is 116 Å². The molecule has 5 aromatic rings. The van der Waals surface area contributed by atoms with E-state index in [4.69, 9.17) is 9.47 Å². The number of hydrogen-bond donors (Lipinski definition) is 3. The molecule has 9 rings (SSSR count). The number of pyridine rings is 2. The number of anilines is 2. The van der Waals surface area contributed by atoms with Crippen molar-refractivity contribution in [2.75, 3.05) is 43.0 Å². The van der Waals surface area contributed by atoms with Crippen LogP contribution in [0.3, 0.4) is 0 Å². The summed E-state index contributed by atoms with van der Waals surface area (Å²) in [6, 6.07) is 19.3. The zero-order valence-electron chi connectivity index (χ0n) is 38.6. The molecule has 66 heavy (non-hydrogen) atoms. The second-order valence-electron chi connectivity index (χ2n) is 20.2. The second-order valence-corrected chi connectivity index (χ2v) is 21.9. The van der Waals surface area contributed by atoms with E-state index in [1.165, 1.54) is 17.3 Å². The van der Waals surface area contributed by atoms with Crippen LogP contribution in [0.1, 0.15) is 119 Å². The Morgan fingerprint density at radius 1 is 1.00 bits per heavy atom. The van der Waals surface area contributed by atoms with Gasteiger partial charge < -0.3 is 24.7 Å². The molecule has 0 bridgehead atoms. The van der Waals surface area contributed by atoms with Crippen LogP contribution in [0.5, 0.6) is 11.5 Å². The number of sulfonamides is 1. The van der Waals surface area contributed by atoms with E-state index < -0.39 is 31.4 Å². The Bertz CT molecular complexity index is 2700. The van der Waals surface area contributed by atoms with Crippen molar-refractivity contribution in [3.8, 4) is 11.5 Å². The van der Waals surface area contributed by atoms with Crippen molar-refractivity contribution in [3.05, 3.63) is 106 Å². The van der Waals surface area contributed by atoms with Crippen molar-refractivity contribution in [1.82, 2.24) is 24.6 Å². The molecule has 1 spiro atoms. The van der Waals surface area contributed by atoms with E-state index in [1.54, 1.807) is 24.4 Å². The first-order chi connectivity index (χ1) is 31.6. The van der Waals surface area contributed by atoms with Gasteiger partial charge in [0.15, 0.2) is 0 Å². The summed E-state index contributed by atoms with van der Waals surface area (Å²) in [7, 11) is -4.61. The lowest BCUT2D eigenvalue weighted by Gasteiger charge is -2.58. The number of carbonyl (C=O) groups is 1. The minimum absolute atomic E-state index is 0.0150. The monoisotopic (exact) mass is 918 g/mol. The highest BCUT2D eigenvalue weighted by molar-refractivity contribution is 7.90. The first kappa shape index (κ1) is 45.6. The molecule has 2 saturated carbocycles. The molecule has 3 aromatic heterocycles. The van der Waals surface area contributed by atoms with Crippen LogP contribution < -0.4 is 19.7 Å². The zero-order chi connectivity index (χ0) is 46.4. The first-order valence-corrected chi connectivity index (χ1v) is 25.0. The second kappa shape index (κ2) is 18.2. The van der Waals surface area contributed by atoms with Crippen molar-refractivity contribution in [2.45, 2.75) is 115 Å². The molecule has 16 heteroatoms. The number of piperidine rings is 1. The molecule has 5 heterocycles. The SMILES string of the molecule is CC(C)c1ccccc1[C@H]1C(C)OCCN1C1CC2(CCN(c3ccc(C(=O)NS(=O)(=O)c4cnc(NCC5CCC(C)(C)CC5)c([N+](=O)[O-])c4)c(Oc4cnc5[nH]ccc5c4)c3)CC2)C1. The zero-order valence-corrected chi connectivity index (χ0v) is 39.4. The molecule has 2 aromatic carbocycles. The van der Waals surface area contributed by atoms with Crippen LogP contribution in [0.15, 0.2) is 84.1 Å². The smallest absolute Gasteiger partial charge is 0.312 e. The van der Waals surface area contributed by atoms with Crippen molar-refractivity contribution in [3.63, 3.8) is 0 Å². The highest BCUT2D eigenvalue weighted by Gasteiger charge is 2.50. The predicted molar refractivity (Wildman–Crippen MR) is 255 cm³/mol. The number of H-pyrrole nitrogens is 1. The van der Waals surface area contributed by atoms with Crippen LogP contribution in [0, 0.1) is 26.9 Å². The molecule has 4 aliphatic rings. The number of nitro groups is 1. The summed E-state index contributed by atoms with van der Waals surface area (Å²) in [5.41, 5.74) is 4.28. The third-order valence-corrected chi connectivity index (χ3v) is 16.2. The van der Waals surface area contributed by atoms with Crippen LogP contribution >= 0.6 is 0 Å². The molecule has 1 unspecified atom stereocenters. The van der Waals surface area contributed by atoms with E-state index >= 15 is 0 Å². The van der Waals surface area contributed by atoms with Crippen LogP contribution in [-0.2, 0) is 14.8 Å². The average molecular weight is 919 g/mol. The maximum Gasteiger partial charge on any atom is 0.312 e. The molecule has 350 valence electrons. The van der Waals surface area contributed by atoms with Crippen molar-refractivity contribution < 1.29 is 27.6 Å². The lowest BCUT2D eigenvalue weighted by atomic mass is 9.59. The van der Waals surface area contributed by atoms with Gasteiger partial charge in [0.05, 0.1) is 41.6 Å². The number of nitrogens with one attached hydrogen (secondary N) is 3. The molecule has 2 saturated heterocycles. The van der Waals surface area contributed by atoms with E-state index in [9.17, 15) is 23.3 Å². The van der Waals surface area contributed by atoms with Crippen LogP contribution in [0.2, 0.25) is 0 Å². The third kappa shape index (κ3) is 9.50. The van der Waals surface area contributed by atoms with Gasteiger partial charge in [0.25, 0.3) is 15.9 Å². The number of hydrogen-bond acceptors (Lipinski definition) is 12. The number of ether oxygens (including phenoxy) is 2. The minimum atomic E-state index is -4.61. The quantitative estimate of drug-likeness (QED) is 0.0752. The third-order valence-electron chi connectivity index (χ3n) is 14.9. The fourth-order valence-electron chi connectivity index (χ4n) is 10.9. The van der Waals surface area contributed by atoms with Gasteiger partial charge in [-0.2, -0.15) is 0 Å². The van der Waals surface area contributed by atoms with E-state index in [-0.39, 0.29) is 40.1 Å². The Morgan fingerprint density at radius 3 is 2.50 bits per heavy atom. The standard InChI is InChI=1S/C50H62N8O7S/c1-32(2)40-8-6-7-9-41(40)45-33(3)64-23-22-57(45)37-27-50(28-37)17-20-56(21-18-50)36-10-11-42(44(25-36)65-38-24-35-14-19-51-46(35)53-30-38)48(59)55-66(62,63)39-26-43(58(60)61)47(54-31-39)52-29-34-12-15-49(4,5)16-13-34/h6-11,14,19,24-26,30-34,37,45H,12-13,15-18,20-23,27-29H2,1-5H3,(H,51,53)(H,52,54)(H,55,59)/t33?,45-/m1/s1. The van der Waals surface area contributed by atoms with Gasteiger partial charge in [-0.1, -0.05) is 52.0 Å². The number of carbonyl (C=O) groups excluding carboxylic acids is 1. The largest absolute Gasteiger partial charge is 0.455 e. The van der Waals surface area contributed by atoms with Crippen molar-refractivity contribution >= 4 is 44.2 Å². The molecular formula is C50H62N8O7S. The van der Waals surface area contributed by atoms with Gasteiger partial charge in [-0.15, -0.1) is 0 Å². The highest BCUT2D eigenvalue weighted by Crippen LogP contribution is 2.54. The van der Waals surface area contributed by atoms with Crippen molar-refractivity contribution in [2.24, 2.45) is 16.7 Å². The first-order valence-electron chi connectivity index (χ1n) is 23.5. The van der Waals surface area contributed by atoms with E-state index in [2.05, 4.69) is 93.7 Å². The fraction of sp³-hybridized carbons (Fsp3) is 0.500. The van der Waals surface area contributed by atoms with E-state index in [0.717, 1.165) is 101 Å². The molecule has 4 fully saturated rings. The van der Waals surface area contributed by atoms with Gasteiger partial charge >= 0.3 is 5.69 Å². The Morgan fingerprint density at radius 2 is 1.76 bits per heavy atom. The summed E-state index contributed by atoms with van der Waals surface area (Å²) in [6.45, 7) is 15.0. The van der Waals surface area contributed by atoms with E-state index in [1.807, 2.05) is 12.1 Å². The molecule has 3 N–H and O–H groups in total. The number of rotatable bonds is 13. The van der Waals surface area contributed by atoms with E-state index in [0.29, 0.717) is 35.8 Å². The van der Waals surface area contributed by atoms with Gasteiger partial charge in [0, 0.05) is 61.6 Å². The fourth-order valence-corrected chi connectivity index (χ4v) is 11.8. The van der Waals surface area contributed by atoms with Crippen LogP contribution in [0.4, 0.5) is 17.2 Å². The normalized spacial score (nSPS) is 21.5. The summed E-state index contributed by atoms with van der Waals surface area (Å²) >= 11 is 0. The average Bonchev–Trinajstić information content (AvgIpc) is 3.76. The van der Waals surface area contributed by atoms with Crippen molar-refractivity contribution in [1.29, 1.82) is 0 Å². The summed E-state index contributed by atoms with van der Waals surface area (Å²) in [5, 5.41) is 16.1. The lowest BCUT2D eigenvalue weighted by molar-refractivity contribution is -0.384. The van der Waals surface area contributed by atoms with Gasteiger partial charge in [-0.3, -0.25) is 19.8 Å². The summed E-state index contributed by atoms with van der Waals surface area (Å²) < 4.78 is 42.2. The number of amides is 1. The number of aromatic amines is 1. The van der Waals surface area contributed by atoms with Gasteiger partial charge in [-0.25, -0.2) is 23.1 Å². The maximum absolute atomic E-state index is 14.0. The number of fused-ring (bicyclic) bond motifs is 1. The summed E-state index contributed by atoms with van der Waals surface area (Å²) in [5.74, 6) is 0.283. The lowest BCUT2D eigenvalue weighted by Crippen LogP contribution is -2.59. The van der Waals surface area contributed by atoms with Gasteiger partial charge in [0.1, 0.15) is 22.0 Å². The summed E-state index contributed by atoms with van der Waals surface area (Å²) in [6.07, 6.45) is 12.9. The predicted octanol–water partition coefficient (Wildman–Crippen LogP) is 9.74. The Labute approximate surface area is 387 Å². The highest BCUT2D eigenvalue weighted by atomic mass is 32.2. The maximum atomic E-state index is 14.0. The Hall–Kier alpha value is -5.58. The molecule has 2 atom stereocenters. The van der Waals surface area contributed by atoms with Gasteiger partial charge in [0.2, 0.25) is 5.82 Å². The summed E-state index contributed by atoms with van der Waals surface area (Å²) in [4.78, 5) is 41.7. The molecule has 15 nitrogen and oxygen atoms in total. The number of benzene rings is 2. The van der Waals surface area contributed by atoms with Crippen LogP contribution in [0.25, 0.3) is 11.0 Å². The Balaban J connectivity index is 0.901. The molecule has 1 amide bonds.